The summed E-state index contributed by atoms with van der Waals surface area (Å²) in [6.07, 6.45) is 0. The highest BCUT2D eigenvalue weighted by atomic mass is 19.1. The number of benzene rings is 1. The fourth-order valence-corrected chi connectivity index (χ4v) is 1.72. The topological polar surface area (TPSA) is 68.1 Å². The summed E-state index contributed by atoms with van der Waals surface area (Å²) in [6.45, 7) is 5.26. The molecule has 5 heteroatoms. The van der Waals surface area contributed by atoms with Crippen LogP contribution in [0.25, 0.3) is 10.9 Å². The van der Waals surface area contributed by atoms with Crippen molar-refractivity contribution in [1.29, 1.82) is 0 Å². The van der Waals surface area contributed by atoms with Crippen molar-refractivity contribution in [3.63, 3.8) is 0 Å². The van der Waals surface area contributed by atoms with Crippen molar-refractivity contribution < 1.29 is 13.9 Å². The van der Waals surface area contributed by atoms with Crippen LogP contribution in [0.4, 0.5) is 10.1 Å². The molecular formula is C13H15FN2O2. The average Bonchev–Trinajstić information content (AvgIpc) is 2.55. The molecule has 0 aliphatic carbocycles. The molecule has 0 aliphatic rings. The summed E-state index contributed by atoms with van der Waals surface area (Å²) < 4.78 is 18.8. The molecule has 2 aromatic rings. The highest BCUT2D eigenvalue weighted by molar-refractivity contribution is 6.05. The van der Waals surface area contributed by atoms with Crippen LogP contribution >= 0.6 is 0 Å². The van der Waals surface area contributed by atoms with Crippen molar-refractivity contribution in [2.45, 2.75) is 26.4 Å². The number of aromatic nitrogens is 1. The third-order valence-corrected chi connectivity index (χ3v) is 2.41. The smallest absolute Gasteiger partial charge is 0.357 e. The van der Waals surface area contributed by atoms with Crippen LogP contribution in [0.2, 0.25) is 0 Å². The van der Waals surface area contributed by atoms with E-state index in [1.807, 2.05) is 0 Å². The molecule has 0 aliphatic heterocycles. The predicted octanol–water partition coefficient (Wildman–Crippen LogP) is 2.84. The summed E-state index contributed by atoms with van der Waals surface area (Å²) in [4.78, 5) is 14.7. The van der Waals surface area contributed by atoms with E-state index < -0.39 is 17.4 Å². The number of H-pyrrole nitrogens is 1. The number of nitrogens with two attached hydrogens (primary N) is 1. The molecule has 0 bridgehead atoms. The van der Waals surface area contributed by atoms with Gasteiger partial charge in [0.25, 0.3) is 0 Å². The number of carbonyl (C=O) groups is 1. The van der Waals surface area contributed by atoms with Gasteiger partial charge in [-0.2, -0.15) is 0 Å². The summed E-state index contributed by atoms with van der Waals surface area (Å²) in [6, 6.07) is 4.50. The molecule has 18 heavy (non-hydrogen) atoms. The highest BCUT2D eigenvalue weighted by Crippen LogP contribution is 2.28. The van der Waals surface area contributed by atoms with Gasteiger partial charge >= 0.3 is 5.97 Å². The maximum atomic E-state index is 13.6. The molecule has 96 valence electrons. The normalized spacial score (nSPS) is 11.8. The molecule has 1 aromatic heterocycles. The zero-order chi connectivity index (χ0) is 13.5. The number of hydrogen-bond acceptors (Lipinski definition) is 3. The van der Waals surface area contributed by atoms with Crippen LogP contribution < -0.4 is 5.73 Å². The molecule has 0 unspecified atom stereocenters. The molecule has 0 radical (unpaired) electrons. The van der Waals surface area contributed by atoms with Crippen molar-refractivity contribution in [2.75, 3.05) is 5.73 Å². The van der Waals surface area contributed by atoms with Gasteiger partial charge in [0.05, 0.1) is 16.6 Å². The molecule has 0 saturated carbocycles. The molecule has 0 spiro atoms. The Hall–Kier alpha value is -2.04. The van der Waals surface area contributed by atoms with Crippen LogP contribution in [-0.2, 0) is 4.74 Å². The Morgan fingerprint density at radius 1 is 1.39 bits per heavy atom. The average molecular weight is 250 g/mol. The van der Waals surface area contributed by atoms with E-state index in [1.165, 1.54) is 6.07 Å². The van der Waals surface area contributed by atoms with Crippen LogP contribution in [0.15, 0.2) is 18.2 Å². The van der Waals surface area contributed by atoms with Crippen molar-refractivity contribution in [3.05, 3.63) is 29.7 Å². The van der Waals surface area contributed by atoms with Gasteiger partial charge in [-0.1, -0.05) is 6.07 Å². The number of anilines is 1. The van der Waals surface area contributed by atoms with E-state index in [4.69, 9.17) is 10.5 Å². The van der Waals surface area contributed by atoms with Gasteiger partial charge in [0, 0.05) is 0 Å². The van der Waals surface area contributed by atoms with Crippen LogP contribution in [0.5, 0.6) is 0 Å². The quantitative estimate of drug-likeness (QED) is 0.765. The van der Waals surface area contributed by atoms with Gasteiger partial charge in [-0.15, -0.1) is 0 Å². The number of nitrogens with one attached hydrogen (secondary N) is 1. The van der Waals surface area contributed by atoms with E-state index in [-0.39, 0.29) is 16.8 Å². The Labute approximate surface area is 104 Å². The minimum atomic E-state index is -0.626. The van der Waals surface area contributed by atoms with E-state index in [9.17, 15) is 9.18 Å². The maximum Gasteiger partial charge on any atom is 0.357 e. The largest absolute Gasteiger partial charge is 0.455 e. The molecule has 3 N–H and O–H groups in total. The van der Waals surface area contributed by atoms with Gasteiger partial charge in [0.15, 0.2) is 0 Å². The number of aromatic amines is 1. The minimum absolute atomic E-state index is 0.0809. The summed E-state index contributed by atoms with van der Waals surface area (Å²) in [5.41, 5.74) is 5.81. The number of rotatable bonds is 1. The predicted molar refractivity (Wildman–Crippen MR) is 67.8 cm³/mol. The van der Waals surface area contributed by atoms with Crippen molar-refractivity contribution in [2.24, 2.45) is 0 Å². The first-order chi connectivity index (χ1) is 8.29. The van der Waals surface area contributed by atoms with Crippen molar-refractivity contribution >= 4 is 22.6 Å². The molecule has 0 amide bonds. The molecule has 0 saturated heterocycles. The van der Waals surface area contributed by atoms with Crippen LogP contribution in [0.3, 0.4) is 0 Å². The number of nitrogen functional groups attached to an aromatic ring is 1. The fourth-order valence-electron chi connectivity index (χ4n) is 1.72. The van der Waals surface area contributed by atoms with Crippen molar-refractivity contribution in [3.8, 4) is 0 Å². The maximum absolute atomic E-state index is 13.6. The zero-order valence-electron chi connectivity index (χ0n) is 10.5. The van der Waals surface area contributed by atoms with Gasteiger partial charge in [0.2, 0.25) is 0 Å². The van der Waals surface area contributed by atoms with Crippen LogP contribution in [0, 0.1) is 5.82 Å². The first kappa shape index (κ1) is 12.4. The van der Waals surface area contributed by atoms with Crippen LogP contribution in [0.1, 0.15) is 31.3 Å². The Balaban J connectivity index is 2.50. The number of halogens is 1. The van der Waals surface area contributed by atoms with E-state index >= 15 is 0 Å². The summed E-state index contributed by atoms with van der Waals surface area (Å²) in [5.74, 6) is -1.05. The lowest BCUT2D eigenvalue weighted by Gasteiger charge is -2.19. The lowest BCUT2D eigenvalue weighted by molar-refractivity contribution is 0.00652. The summed E-state index contributed by atoms with van der Waals surface area (Å²) >= 11 is 0. The molecule has 0 fully saturated rings. The fraction of sp³-hybridized carbons (Fsp3) is 0.308. The van der Waals surface area contributed by atoms with E-state index in [0.29, 0.717) is 5.52 Å². The monoisotopic (exact) mass is 250 g/mol. The third kappa shape index (κ3) is 2.16. The summed E-state index contributed by atoms with van der Waals surface area (Å²) in [5, 5.41) is 0.221. The van der Waals surface area contributed by atoms with E-state index in [0.717, 1.165) is 0 Å². The number of fused-ring (bicyclic) bond motifs is 1. The number of ether oxygens (including phenoxy) is 1. The van der Waals surface area contributed by atoms with E-state index in [1.54, 1.807) is 32.9 Å². The third-order valence-electron chi connectivity index (χ3n) is 2.41. The Bertz CT molecular complexity index is 611. The second-order valence-corrected chi connectivity index (χ2v) is 5.08. The lowest BCUT2D eigenvalue weighted by Crippen LogP contribution is -2.24. The highest BCUT2D eigenvalue weighted by Gasteiger charge is 2.23. The van der Waals surface area contributed by atoms with Gasteiger partial charge in [0.1, 0.15) is 17.1 Å². The van der Waals surface area contributed by atoms with E-state index in [2.05, 4.69) is 4.98 Å². The molecule has 2 rings (SSSR count). The standard InChI is InChI=1S/C13H15FN2O2/c1-13(2,3)18-12(17)11-10(15)9-7(14)5-4-6-8(9)16-11/h4-6,16H,15H2,1-3H3. The molecule has 4 nitrogen and oxygen atoms in total. The Morgan fingerprint density at radius 3 is 2.61 bits per heavy atom. The second kappa shape index (κ2) is 4.01. The molecular weight excluding hydrogens is 235 g/mol. The van der Waals surface area contributed by atoms with Crippen molar-refractivity contribution in [1.82, 2.24) is 4.98 Å². The number of esters is 1. The van der Waals surface area contributed by atoms with Crippen LogP contribution in [-0.4, -0.2) is 16.6 Å². The Morgan fingerprint density at radius 2 is 2.06 bits per heavy atom. The second-order valence-electron chi connectivity index (χ2n) is 5.08. The number of hydrogen-bond donors (Lipinski definition) is 2. The van der Waals surface area contributed by atoms with Gasteiger partial charge < -0.3 is 15.5 Å². The van der Waals surface area contributed by atoms with Gasteiger partial charge in [-0.3, -0.25) is 0 Å². The molecule has 1 heterocycles. The summed E-state index contributed by atoms with van der Waals surface area (Å²) in [7, 11) is 0. The lowest BCUT2D eigenvalue weighted by atomic mass is 10.2. The zero-order valence-corrected chi connectivity index (χ0v) is 10.5. The first-order valence-corrected chi connectivity index (χ1v) is 5.58. The molecule has 1 aromatic carbocycles. The van der Waals surface area contributed by atoms with Gasteiger partial charge in [-0.25, -0.2) is 9.18 Å². The molecule has 0 atom stereocenters. The van der Waals surface area contributed by atoms with Gasteiger partial charge in [-0.05, 0) is 32.9 Å². The SMILES string of the molecule is CC(C)(C)OC(=O)c1[nH]c2cccc(F)c2c1N. The Kier molecular flexibility index (Phi) is 2.77. The number of carbonyl (C=O) groups excluding carboxylic acids is 1. The first-order valence-electron chi connectivity index (χ1n) is 5.58. The minimum Gasteiger partial charge on any atom is -0.455 e.